The summed E-state index contributed by atoms with van der Waals surface area (Å²) in [7, 11) is 0. The molecule has 0 aliphatic heterocycles. The van der Waals surface area contributed by atoms with E-state index < -0.39 is 24.1 Å². The lowest BCUT2D eigenvalue weighted by atomic mass is 10.1. The monoisotopic (exact) mass is 236 g/mol. The molecule has 3 N–H and O–H groups in total. The van der Waals surface area contributed by atoms with Gasteiger partial charge in [-0.3, -0.25) is 9.59 Å². The molecule has 1 amide bonds. The van der Waals surface area contributed by atoms with E-state index in [1.165, 1.54) is 6.92 Å². The number of nitrogens with one attached hydrogen (secondary N) is 1. The Balaban J connectivity index is 0.00000256. The first-order valence-electron chi connectivity index (χ1n) is 5.90. The van der Waals surface area contributed by atoms with Crippen molar-refractivity contribution in [1.29, 1.82) is 0 Å². The molecule has 0 aromatic heterocycles. The molecule has 4 nitrogen and oxygen atoms in total. The normalized spacial score (nSPS) is 19.3. The van der Waals surface area contributed by atoms with Crippen molar-refractivity contribution < 1.29 is 12.3 Å². The van der Waals surface area contributed by atoms with Gasteiger partial charge in [-0.1, -0.05) is 19.7 Å². The van der Waals surface area contributed by atoms with E-state index in [2.05, 4.69) is 5.32 Å². The average molecular weight is 237 g/mol. The third-order valence-electron chi connectivity index (χ3n) is 2.18. The minimum Gasteiger partial charge on any atom is -0.347 e. The Morgan fingerprint density at radius 3 is 2.67 bits per heavy atom. The third kappa shape index (κ3) is 5.14. The largest absolute Gasteiger partial charge is 0.347 e. The fraction of sp³-hybridized carbons (Fsp3) is 0.800. The highest BCUT2D eigenvalue weighted by molar-refractivity contribution is 6.38. The molecule has 0 aromatic rings. The average Bonchev–Trinajstić information content (AvgIpc) is 2.95. The number of hydrogen-bond acceptors (Lipinski definition) is 3. The zero-order valence-corrected chi connectivity index (χ0v) is 9.60. The molecule has 0 radical (unpaired) electrons. The van der Waals surface area contributed by atoms with Crippen molar-refractivity contribution in [3.8, 4) is 0 Å². The summed E-state index contributed by atoms with van der Waals surface area (Å²) in [5.41, 5.74) is 5.54. The maximum Gasteiger partial charge on any atom is 0.289 e. The van der Waals surface area contributed by atoms with Gasteiger partial charge in [0.15, 0.2) is 0 Å². The Bertz CT molecular complexity index is 291. The van der Waals surface area contributed by atoms with Gasteiger partial charge in [-0.25, -0.2) is 0 Å². The van der Waals surface area contributed by atoms with Crippen molar-refractivity contribution in [3.05, 3.63) is 0 Å². The fourth-order valence-corrected chi connectivity index (χ4v) is 1.08. The van der Waals surface area contributed by atoms with Gasteiger partial charge >= 0.3 is 0 Å². The highest BCUT2D eigenvalue weighted by Gasteiger charge is 2.28. The summed E-state index contributed by atoms with van der Waals surface area (Å²) in [6.45, 7) is 1.43. The molecule has 88 valence electrons. The van der Waals surface area contributed by atoms with Crippen LogP contribution in [-0.4, -0.2) is 23.8 Å². The zero-order chi connectivity index (χ0) is 12.3. The Morgan fingerprint density at radius 1 is 1.60 bits per heavy atom. The van der Waals surface area contributed by atoms with Gasteiger partial charge in [0, 0.05) is 8.78 Å². The van der Waals surface area contributed by atoms with Gasteiger partial charge in [-0.05, 0) is 19.3 Å². The third-order valence-corrected chi connectivity index (χ3v) is 2.18. The fourth-order valence-electron chi connectivity index (χ4n) is 1.08. The van der Waals surface area contributed by atoms with Gasteiger partial charge in [0.1, 0.15) is 0 Å². The molecule has 0 heterocycles. The number of nitrogens with two attached hydrogens (primary N) is 1. The van der Waals surface area contributed by atoms with Crippen molar-refractivity contribution in [2.75, 3.05) is 0 Å². The molecule has 5 heteroatoms. The Labute approximate surface area is 99.2 Å². The van der Waals surface area contributed by atoms with Crippen LogP contribution in [0.15, 0.2) is 0 Å². The molecule has 1 atom stereocenters. The molecule has 1 unspecified atom stereocenters. The first-order valence-corrected chi connectivity index (χ1v) is 4.90. The van der Waals surface area contributed by atoms with Gasteiger partial charge < -0.3 is 11.1 Å². The molecule has 1 aliphatic rings. The van der Waals surface area contributed by atoms with Gasteiger partial charge in [-0.15, -0.1) is 12.4 Å². The van der Waals surface area contributed by atoms with Crippen LogP contribution in [0.5, 0.6) is 0 Å². The number of hydrogen-bond donors (Lipinski definition) is 2. The predicted molar refractivity (Wildman–Crippen MR) is 60.9 cm³/mol. The van der Waals surface area contributed by atoms with Crippen LogP contribution in [0.25, 0.3) is 0 Å². The quantitative estimate of drug-likeness (QED) is 0.670. The van der Waals surface area contributed by atoms with Crippen molar-refractivity contribution in [2.45, 2.75) is 51.1 Å². The highest BCUT2D eigenvalue weighted by Crippen LogP contribution is 2.18. The summed E-state index contributed by atoms with van der Waals surface area (Å²) < 4.78 is 14.6. The SMILES string of the molecule is Cl.[2H]C([2H])(C)CCC(N)C(=O)C(=O)NC1CC1. The second-order valence-electron chi connectivity index (χ2n) is 3.61. The van der Waals surface area contributed by atoms with Gasteiger partial charge in [0.2, 0.25) is 5.78 Å². The molecular formula is C10H19ClN2O2. The van der Waals surface area contributed by atoms with E-state index in [1.54, 1.807) is 0 Å². The first-order chi connectivity index (χ1) is 7.29. The number of carbonyl (C=O) groups is 2. The summed E-state index contributed by atoms with van der Waals surface area (Å²) >= 11 is 0. The minimum absolute atomic E-state index is 0. The number of halogens is 1. The van der Waals surface area contributed by atoms with E-state index in [0.717, 1.165) is 12.8 Å². The van der Waals surface area contributed by atoms with E-state index in [-0.39, 0.29) is 31.3 Å². The second kappa shape index (κ2) is 6.80. The van der Waals surface area contributed by atoms with Crippen LogP contribution < -0.4 is 11.1 Å². The summed E-state index contributed by atoms with van der Waals surface area (Å²) in [5, 5.41) is 2.57. The number of ketones is 1. The van der Waals surface area contributed by atoms with Crippen molar-refractivity contribution in [2.24, 2.45) is 5.73 Å². The lowest BCUT2D eigenvalue weighted by Gasteiger charge is -2.09. The van der Waals surface area contributed by atoms with Crippen LogP contribution in [0, 0.1) is 0 Å². The van der Waals surface area contributed by atoms with E-state index >= 15 is 0 Å². The van der Waals surface area contributed by atoms with E-state index in [1.807, 2.05) is 0 Å². The van der Waals surface area contributed by atoms with Crippen molar-refractivity contribution in [3.63, 3.8) is 0 Å². The summed E-state index contributed by atoms with van der Waals surface area (Å²) in [5.74, 6) is -1.28. The highest BCUT2D eigenvalue weighted by atomic mass is 35.5. The minimum atomic E-state index is -1.36. The van der Waals surface area contributed by atoms with Gasteiger partial charge in [0.25, 0.3) is 5.91 Å². The van der Waals surface area contributed by atoms with Crippen LogP contribution in [0.4, 0.5) is 0 Å². The molecule has 0 aromatic carbocycles. The predicted octanol–water partition coefficient (Wildman–Crippen LogP) is 0.773. The molecule has 1 rings (SSSR count). The number of carbonyl (C=O) groups excluding carboxylic acids is 2. The number of Topliss-reactive ketones (excluding diaryl/α,β-unsaturated/α-hetero) is 1. The summed E-state index contributed by atoms with van der Waals surface area (Å²) in [6.07, 6.45) is 0.861. The molecule has 0 bridgehead atoms. The van der Waals surface area contributed by atoms with Gasteiger partial charge in [0.05, 0.1) is 6.04 Å². The molecule has 1 aliphatic carbocycles. The van der Waals surface area contributed by atoms with Crippen molar-refractivity contribution in [1.82, 2.24) is 5.32 Å². The lowest BCUT2D eigenvalue weighted by molar-refractivity contribution is -0.138. The lowest BCUT2D eigenvalue weighted by Crippen LogP contribution is -2.43. The van der Waals surface area contributed by atoms with Crippen LogP contribution in [0.3, 0.4) is 0 Å². The molecule has 1 fully saturated rings. The number of amides is 1. The second-order valence-corrected chi connectivity index (χ2v) is 3.61. The molecule has 0 saturated heterocycles. The van der Waals surface area contributed by atoms with Crippen LogP contribution >= 0.6 is 12.4 Å². The van der Waals surface area contributed by atoms with Crippen LogP contribution in [0.1, 0.15) is 41.7 Å². The Hall–Kier alpha value is -0.610. The summed E-state index contributed by atoms with van der Waals surface area (Å²) in [4.78, 5) is 22.8. The first kappa shape index (κ1) is 10.9. The molecule has 0 spiro atoms. The molecule has 1 saturated carbocycles. The summed E-state index contributed by atoms with van der Waals surface area (Å²) in [6, 6.07) is -0.755. The zero-order valence-electron chi connectivity index (χ0n) is 10.8. The van der Waals surface area contributed by atoms with Gasteiger partial charge in [-0.2, -0.15) is 0 Å². The number of rotatable bonds is 6. The van der Waals surface area contributed by atoms with E-state index in [0.29, 0.717) is 0 Å². The Morgan fingerprint density at radius 2 is 2.20 bits per heavy atom. The Kier molecular flexibility index (Phi) is 4.94. The standard InChI is InChI=1S/C10H18N2O2.ClH/c1-2-3-4-8(11)9(13)10(14)12-7-5-6-7;/h7-8H,2-6,11H2,1H3,(H,12,14);1H/i2D2;. The smallest absolute Gasteiger partial charge is 0.289 e. The van der Waals surface area contributed by atoms with E-state index in [4.69, 9.17) is 8.48 Å². The molecular weight excluding hydrogens is 216 g/mol. The van der Waals surface area contributed by atoms with E-state index in [9.17, 15) is 9.59 Å². The molecule has 15 heavy (non-hydrogen) atoms. The van der Waals surface area contributed by atoms with Crippen LogP contribution in [0.2, 0.25) is 0 Å². The van der Waals surface area contributed by atoms with Crippen LogP contribution in [-0.2, 0) is 9.59 Å². The maximum atomic E-state index is 11.5. The topological polar surface area (TPSA) is 72.2 Å². The van der Waals surface area contributed by atoms with Crippen molar-refractivity contribution >= 4 is 24.1 Å². The maximum absolute atomic E-state index is 11.5.